The van der Waals surface area contributed by atoms with Gasteiger partial charge in [0, 0.05) is 12.8 Å². The largest absolute Gasteiger partial charge is 0.480 e. The van der Waals surface area contributed by atoms with Crippen LogP contribution in [0.4, 0.5) is 0 Å². The molecule has 0 bridgehead atoms. The van der Waals surface area contributed by atoms with Crippen LogP contribution in [0.2, 0.25) is 0 Å². The van der Waals surface area contributed by atoms with E-state index in [1.807, 2.05) is 27.7 Å². The molecule has 0 saturated heterocycles. The van der Waals surface area contributed by atoms with Gasteiger partial charge in [-0.1, -0.05) is 27.7 Å². The molecule has 0 rings (SSSR count). The van der Waals surface area contributed by atoms with Gasteiger partial charge in [0.2, 0.25) is 11.8 Å². The first-order valence-electron chi connectivity index (χ1n) is 9.07. The van der Waals surface area contributed by atoms with Gasteiger partial charge in [0.05, 0.1) is 0 Å². The molecule has 0 saturated carbocycles. The van der Waals surface area contributed by atoms with E-state index in [9.17, 15) is 19.2 Å². The molecule has 0 aromatic carbocycles. The molecule has 0 fully saturated rings. The van der Waals surface area contributed by atoms with Gasteiger partial charge in [0.1, 0.15) is 12.1 Å². The molecule has 0 aliphatic rings. The summed E-state index contributed by atoms with van der Waals surface area (Å²) in [6, 6.07) is -1.81. The highest BCUT2D eigenvalue weighted by Gasteiger charge is 2.22. The summed E-state index contributed by atoms with van der Waals surface area (Å²) >= 11 is 0. The minimum absolute atomic E-state index is 0.128. The molecule has 4 N–H and O–H groups in total. The Labute approximate surface area is 154 Å². The van der Waals surface area contributed by atoms with E-state index in [0.717, 1.165) is 0 Å². The average Bonchev–Trinajstić information content (AvgIpc) is 2.49. The minimum atomic E-state index is -1.06. The lowest BCUT2D eigenvalue weighted by atomic mass is 10.0. The zero-order chi connectivity index (χ0) is 20.3. The molecule has 8 nitrogen and oxygen atoms in total. The summed E-state index contributed by atoms with van der Waals surface area (Å²) in [6.07, 6.45) is 1.82. The lowest BCUT2D eigenvalue weighted by Gasteiger charge is -2.17. The molecular formula is C18H32N2O6. The van der Waals surface area contributed by atoms with Gasteiger partial charge >= 0.3 is 11.9 Å². The number of carboxylic acid groups (broad SMARTS) is 2. The van der Waals surface area contributed by atoms with Gasteiger partial charge in [-0.3, -0.25) is 9.59 Å². The number of hydrogen-bond acceptors (Lipinski definition) is 4. The van der Waals surface area contributed by atoms with E-state index in [4.69, 9.17) is 10.2 Å². The predicted molar refractivity (Wildman–Crippen MR) is 96.5 cm³/mol. The number of carbonyl (C=O) groups excluding carboxylic acids is 2. The first-order valence-corrected chi connectivity index (χ1v) is 9.07. The summed E-state index contributed by atoms with van der Waals surface area (Å²) in [5.41, 5.74) is 0. The normalized spacial score (nSPS) is 13.3. The third-order valence-electron chi connectivity index (χ3n) is 3.74. The third-order valence-corrected chi connectivity index (χ3v) is 3.74. The lowest BCUT2D eigenvalue weighted by Crippen LogP contribution is -2.42. The number of hydrogen-bond donors (Lipinski definition) is 4. The van der Waals surface area contributed by atoms with Crippen LogP contribution in [0.5, 0.6) is 0 Å². The minimum Gasteiger partial charge on any atom is -0.480 e. The molecule has 26 heavy (non-hydrogen) atoms. The topological polar surface area (TPSA) is 133 Å². The number of rotatable bonds is 13. The standard InChI is InChI=1S/C18H32N2O6/c1-11(2)9-13(17(23)24)19-15(21)7-5-6-8-16(22)20-14(18(25)26)10-12(3)4/h11-14H,5-10H2,1-4H3,(H,19,21)(H,20,22)(H,23,24)(H,25,26)/t13-,14-/m1/s1. The van der Waals surface area contributed by atoms with Crippen LogP contribution in [-0.2, 0) is 19.2 Å². The monoisotopic (exact) mass is 372 g/mol. The van der Waals surface area contributed by atoms with Crippen LogP contribution < -0.4 is 10.6 Å². The molecule has 0 unspecified atom stereocenters. The highest BCUT2D eigenvalue weighted by Crippen LogP contribution is 2.08. The number of nitrogens with one attached hydrogen (secondary N) is 2. The fourth-order valence-corrected chi connectivity index (χ4v) is 2.49. The van der Waals surface area contributed by atoms with Gasteiger partial charge in [-0.05, 0) is 37.5 Å². The van der Waals surface area contributed by atoms with E-state index in [-0.39, 0.29) is 36.5 Å². The number of aliphatic carboxylic acids is 2. The quantitative estimate of drug-likeness (QED) is 0.364. The Kier molecular flexibility index (Phi) is 11.3. The molecule has 0 aromatic rings. The maximum atomic E-state index is 11.8. The Hall–Kier alpha value is -2.12. The van der Waals surface area contributed by atoms with Crippen molar-refractivity contribution in [3.8, 4) is 0 Å². The molecule has 0 radical (unpaired) electrons. The predicted octanol–water partition coefficient (Wildman–Crippen LogP) is 1.78. The smallest absolute Gasteiger partial charge is 0.326 e. The van der Waals surface area contributed by atoms with E-state index in [1.54, 1.807) is 0 Å². The fraction of sp³-hybridized carbons (Fsp3) is 0.778. The zero-order valence-electron chi connectivity index (χ0n) is 16.1. The second-order valence-corrected chi connectivity index (χ2v) is 7.38. The fourth-order valence-electron chi connectivity index (χ4n) is 2.49. The molecule has 0 heterocycles. The average molecular weight is 372 g/mol. The first-order chi connectivity index (χ1) is 12.0. The molecule has 0 aromatic heterocycles. The SMILES string of the molecule is CC(C)C[C@@H](NC(=O)CCCCC(=O)N[C@H](CC(C)C)C(=O)O)C(=O)O. The first kappa shape index (κ1) is 23.9. The summed E-state index contributed by atoms with van der Waals surface area (Å²) in [5, 5.41) is 23.2. The summed E-state index contributed by atoms with van der Waals surface area (Å²) in [6.45, 7) is 7.52. The Balaban J connectivity index is 4.16. The van der Waals surface area contributed by atoms with E-state index in [2.05, 4.69) is 10.6 Å². The molecule has 8 heteroatoms. The van der Waals surface area contributed by atoms with Crippen LogP contribution in [-0.4, -0.2) is 46.0 Å². The Morgan fingerprint density at radius 1 is 0.692 bits per heavy atom. The molecule has 2 atom stereocenters. The summed E-state index contributed by atoms with van der Waals surface area (Å²) in [7, 11) is 0. The van der Waals surface area contributed by atoms with Gasteiger partial charge in [0.25, 0.3) is 0 Å². The molecule has 0 aliphatic heterocycles. The third kappa shape index (κ3) is 11.4. The van der Waals surface area contributed by atoms with Gasteiger partial charge in [0.15, 0.2) is 0 Å². The van der Waals surface area contributed by atoms with Gasteiger partial charge in [-0.25, -0.2) is 9.59 Å². The van der Waals surface area contributed by atoms with Crippen molar-refractivity contribution in [1.82, 2.24) is 10.6 Å². The second-order valence-electron chi connectivity index (χ2n) is 7.38. The van der Waals surface area contributed by atoms with Gasteiger partial charge in [-0.15, -0.1) is 0 Å². The van der Waals surface area contributed by atoms with Crippen molar-refractivity contribution in [2.24, 2.45) is 11.8 Å². The Morgan fingerprint density at radius 3 is 1.23 bits per heavy atom. The molecule has 0 aliphatic carbocycles. The van der Waals surface area contributed by atoms with Crippen molar-refractivity contribution in [1.29, 1.82) is 0 Å². The van der Waals surface area contributed by atoms with E-state index >= 15 is 0 Å². The maximum Gasteiger partial charge on any atom is 0.326 e. The van der Waals surface area contributed by atoms with Crippen molar-refractivity contribution in [3.63, 3.8) is 0 Å². The number of carbonyl (C=O) groups is 4. The van der Waals surface area contributed by atoms with Crippen molar-refractivity contribution in [2.75, 3.05) is 0 Å². The summed E-state index contributed by atoms with van der Waals surface area (Å²) < 4.78 is 0. The number of unbranched alkanes of at least 4 members (excludes halogenated alkanes) is 1. The van der Waals surface area contributed by atoms with Crippen LogP contribution in [0.25, 0.3) is 0 Å². The van der Waals surface area contributed by atoms with E-state index < -0.39 is 24.0 Å². The Bertz CT molecular complexity index is 446. The molecule has 0 spiro atoms. The van der Waals surface area contributed by atoms with Crippen LogP contribution in [0.3, 0.4) is 0 Å². The van der Waals surface area contributed by atoms with Crippen molar-refractivity contribution in [2.45, 2.75) is 78.3 Å². The number of carboxylic acids is 2. The van der Waals surface area contributed by atoms with Crippen molar-refractivity contribution in [3.05, 3.63) is 0 Å². The second kappa shape index (κ2) is 12.3. The highest BCUT2D eigenvalue weighted by molar-refractivity contribution is 5.84. The van der Waals surface area contributed by atoms with Gasteiger partial charge < -0.3 is 20.8 Å². The molecule has 2 amide bonds. The van der Waals surface area contributed by atoms with Crippen LogP contribution in [0, 0.1) is 11.8 Å². The summed E-state index contributed by atoms with van der Waals surface area (Å²) in [4.78, 5) is 45.9. The van der Waals surface area contributed by atoms with E-state index in [0.29, 0.717) is 25.7 Å². The van der Waals surface area contributed by atoms with Crippen LogP contribution in [0.1, 0.15) is 66.2 Å². The van der Waals surface area contributed by atoms with Gasteiger partial charge in [-0.2, -0.15) is 0 Å². The highest BCUT2D eigenvalue weighted by atomic mass is 16.4. The lowest BCUT2D eigenvalue weighted by molar-refractivity contribution is -0.142. The van der Waals surface area contributed by atoms with Crippen LogP contribution in [0.15, 0.2) is 0 Å². The molecule has 150 valence electrons. The zero-order valence-corrected chi connectivity index (χ0v) is 16.1. The van der Waals surface area contributed by atoms with Crippen LogP contribution >= 0.6 is 0 Å². The Morgan fingerprint density at radius 2 is 1.00 bits per heavy atom. The van der Waals surface area contributed by atoms with Crippen molar-refractivity contribution >= 4 is 23.8 Å². The van der Waals surface area contributed by atoms with Crippen molar-refractivity contribution < 1.29 is 29.4 Å². The summed E-state index contributed by atoms with van der Waals surface area (Å²) in [5.74, 6) is -2.54. The molecular weight excluding hydrogens is 340 g/mol. The number of amides is 2. The maximum absolute atomic E-state index is 11.8. The van der Waals surface area contributed by atoms with E-state index in [1.165, 1.54) is 0 Å².